The first-order valence-electron chi connectivity index (χ1n) is 10.2. The molecule has 1 fully saturated rings. The summed E-state index contributed by atoms with van der Waals surface area (Å²) in [6.45, 7) is 1.69. The fourth-order valence-corrected chi connectivity index (χ4v) is 5.38. The minimum absolute atomic E-state index is 0.0704. The molecular formula is C18H24N9O5P. The van der Waals surface area contributed by atoms with Gasteiger partial charge in [0.25, 0.3) is 0 Å². The number of aliphatic hydroxyl groups excluding tert-OH is 1. The third-order valence-electron chi connectivity index (χ3n) is 5.81. The maximum Gasteiger partial charge on any atom is 0.341 e. The van der Waals surface area contributed by atoms with Crippen molar-refractivity contribution < 1.29 is 24.0 Å². The fraction of sp³-hybridized carbons (Fsp3) is 0.444. The lowest BCUT2D eigenvalue weighted by atomic mass is 9.96. The number of pyridine rings is 1. The lowest BCUT2D eigenvalue weighted by molar-refractivity contribution is -0.0947. The minimum atomic E-state index is -3.48. The normalized spacial score (nSPS) is 32.0. The van der Waals surface area contributed by atoms with Gasteiger partial charge >= 0.3 is 7.67 Å². The van der Waals surface area contributed by atoms with Gasteiger partial charge in [0.05, 0.1) is 18.6 Å². The zero-order chi connectivity index (χ0) is 23.4. The summed E-state index contributed by atoms with van der Waals surface area (Å²) in [7, 11) is -3.48. The number of anilines is 2. The van der Waals surface area contributed by atoms with E-state index in [2.05, 4.69) is 30.1 Å². The van der Waals surface area contributed by atoms with E-state index in [4.69, 9.17) is 20.7 Å². The van der Waals surface area contributed by atoms with Crippen LogP contribution in [0, 0.1) is 0 Å². The molecule has 0 aromatic carbocycles. The first-order valence-corrected chi connectivity index (χ1v) is 11.8. The van der Waals surface area contributed by atoms with Crippen molar-refractivity contribution in [3.63, 3.8) is 0 Å². The molecule has 0 aliphatic carbocycles. The Bertz CT molecular complexity index is 1220. The van der Waals surface area contributed by atoms with E-state index in [1.54, 1.807) is 12.3 Å². The van der Waals surface area contributed by atoms with Gasteiger partial charge < -0.3 is 30.9 Å². The van der Waals surface area contributed by atoms with Crippen molar-refractivity contribution in [3.05, 3.63) is 35.9 Å². The van der Waals surface area contributed by atoms with Crippen LogP contribution in [0.4, 0.5) is 11.8 Å². The summed E-state index contributed by atoms with van der Waals surface area (Å²) in [5, 5.41) is 27.5. The molecule has 8 N–H and O–H groups in total. The molecule has 5 heterocycles. The molecule has 0 saturated carbocycles. The molecule has 5 atom stereocenters. The van der Waals surface area contributed by atoms with Crippen LogP contribution in [0.25, 0.3) is 11.2 Å². The molecule has 33 heavy (non-hydrogen) atoms. The summed E-state index contributed by atoms with van der Waals surface area (Å²) in [6.07, 6.45) is -0.435. The van der Waals surface area contributed by atoms with Crippen molar-refractivity contribution in [2.24, 2.45) is 0 Å². The number of nitrogens with zero attached hydrogens (tertiary/aromatic N) is 5. The van der Waals surface area contributed by atoms with Crippen LogP contribution in [0.5, 0.6) is 0 Å². The van der Waals surface area contributed by atoms with E-state index in [1.165, 1.54) is 17.8 Å². The summed E-state index contributed by atoms with van der Waals surface area (Å²) in [6, 6.07) is 3.69. The number of nitrogen functional groups attached to an aromatic ring is 2. The molecule has 0 spiro atoms. The molecule has 1 saturated heterocycles. The predicted octanol–water partition coefficient (Wildman–Crippen LogP) is -0.587. The number of aliphatic hydroxyl groups is 2. The van der Waals surface area contributed by atoms with Gasteiger partial charge in [0.15, 0.2) is 17.7 Å². The highest BCUT2D eigenvalue weighted by molar-refractivity contribution is 7.54. The average Bonchev–Trinajstić information content (AvgIpc) is 3.22. The van der Waals surface area contributed by atoms with Crippen molar-refractivity contribution in [2.45, 2.75) is 44.1 Å². The Kier molecular flexibility index (Phi) is 5.33. The van der Waals surface area contributed by atoms with Crippen LogP contribution in [0.15, 0.2) is 24.7 Å². The van der Waals surface area contributed by atoms with Crippen LogP contribution in [0.1, 0.15) is 24.4 Å². The van der Waals surface area contributed by atoms with E-state index < -0.39 is 31.7 Å². The van der Waals surface area contributed by atoms with E-state index in [-0.39, 0.29) is 36.1 Å². The zero-order valence-corrected chi connectivity index (χ0v) is 18.5. The number of rotatable bonds is 4. The number of fused-ring (bicyclic) bond motifs is 2. The first-order chi connectivity index (χ1) is 15.7. The topological polar surface area (TPSA) is 209 Å². The maximum absolute atomic E-state index is 13.2. The van der Waals surface area contributed by atoms with Crippen LogP contribution in [-0.4, -0.2) is 59.1 Å². The molecule has 2 aliphatic heterocycles. The largest absolute Gasteiger partial charge is 0.387 e. The molecule has 3 aromatic rings. The van der Waals surface area contributed by atoms with Crippen molar-refractivity contribution >= 4 is 30.6 Å². The molecule has 0 bridgehead atoms. The van der Waals surface area contributed by atoms with Gasteiger partial charge in [-0.1, -0.05) is 6.07 Å². The van der Waals surface area contributed by atoms with E-state index >= 15 is 0 Å². The van der Waals surface area contributed by atoms with Gasteiger partial charge in [0, 0.05) is 19.3 Å². The molecular weight excluding hydrogens is 453 g/mol. The maximum atomic E-state index is 13.2. The number of hydrogen-bond acceptors (Lipinski definition) is 11. The Morgan fingerprint density at radius 2 is 2.12 bits per heavy atom. The van der Waals surface area contributed by atoms with Gasteiger partial charge in [-0.15, -0.1) is 0 Å². The van der Waals surface area contributed by atoms with Crippen LogP contribution >= 0.6 is 7.67 Å². The highest BCUT2D eigenvalue weighted by Crippen LogP contribution is 2.44. The summed E-state index contributed by atoms with van der Waals surface area (Å²) >= 11 is 0. The van der Waals surface area contributed by atoms with Gasteiger partial charge in [0.1, 0.15) is 23.3 Å². The lowest BCUT2D eigenvalue weighted by Crippen LogP contribution is -2.44. The SMILES string of the molecule is C[C@]1(O)[C@@H](O)[C@@H](COP2(=O)NCc3cccnc3CN2)O[C@H]1n1cnc2c(N)nc(N)nc21. The van der Waals surface area contributed by atoms with Crippen molar-refractivity contribution in [1.29, 1.82) is 0 Å². The number of nitrogens with one attached hydrogen (secondary N) is 2. The van der Waals surface area contributed by atoms with E-state index in [9.17, 15) is 14.8 Å². The second-order valence-electron chi connectivity index (χ2n) is 8.11. The van der Waals surface area contributed by atoms with E-state index in [1.807, 2.05) is 6.07 Å². The molecule has 5 rings (SSSR count). The smallest absolute Gasteiger partial charge is 0.341 e. The monoisotopic (exact) mass is 477 g/mol. The van der Waals surface area contributed by atoms with Gasteiger partial charge in [-0.2, -0.15) is 9.97 Å². The van der Waals surface area contributed by atoms with Gasteiger partial charge in [-0.25, -0.2) is 15.2 Å². The number of imidazole rings is 1. The van der Waals surface area contributed by atoms with Crippen LogP contribution < -0.4 is 21.6 Å². The highest BCUT2D eigenvalue weighted by Gasteiger charge is 2.54. The Balaban J connectivity index is 1.34. The van der Waals surface area contributed by atoms with Crippen molar-refractivity contribution in [3.8, 4) is 0 Å². The molecule has 3 aromatic heterocycles. The molecule has 176 valence electrons. The van der Waals surface area contributed by atoms with E-state index in [0.29, 0.717) is 6.54 Å². The lowest BCUT2D eigenvalue weighted by Gasteiger charge is -2.27. The van der Waals surface area contributed by atoms with Crippen molar-refractivity contribution in [1.82, 2.24) is 34.7 Å². The molecule has 0 radical (unpaired) electrons. The highest BCUT2D eigenvalue weighted by atomic mass is 31.2. The summed E-state index contributed by atoms with van der Waals surface area (Å²) in [5.41, 5.74) is 12.0. The van der Waals surface area contributed by atoms with Crippen LogP contribution in [-0.2, 0) is 26.9 Å². The summed E-state index contributed by atoms with van der Waals surface area (Å²) in [5.74, 6) is 0.00679. The van der Waals surface area contributed by atoms with Crippen molar-refractivity contribution in [2.75, 3.05) is 18.1 Å². The Hall–Kier alpha value is -2.71. The summed E-state index contributed by atoms with van der Waals surface area (Å²) < 4.78 is 26.1. The standard InChI is InChI=1S/C18H24N9O5P/c1-18(29)13(28)11(7-31-33(30)23-5-9-3-2-4-21-10(9)6-24-33)32-16(18)27-8-22-12-14(19)25-17(20)26-15(12)27/h2-4,8,11,13,16,28-29H,5-7H2,1H3,(H2,23,24,30)(H4,19,20,25,26)/t11-,13+,16-,18+,33?/m1/s1. The Labute approximate surface area is 187 Å². The number of nitrogens with two attached hydrogens (primary N) is 2. The molecule has 0 amide bonds. The molecule has 2 aliphatic rings. The second-order valence-corrected chi connectivity index (χ2v) is 10.1. The fourth-order valence-electron chi connectivity index (χ4n) is 3.99. The molecule has 14 nitrogen and oxygen atoms in total. The van der Waals surface area contributed by atoms with Crippen LogP contribution in [0.3, 0.4) is 0 Å². The quantitative estimate of drug-likeness (QED) is 0.260. The number of aromatic nitrogens is 5. The van der Waals surface area contributed by atoms with Gasteiger partial charge in [-0.05, 0) is 18.6 Å². The van der Waals surface area contributed by atoms with Crippen LogP contribution in [0.2, 0.25) is 0 Å². The number of ether oxygens (including phenoxy) is 1. The Morgan fingerprint density at radius 3 is 2.94 bits per heavy atom. The summed E-state index contributed by atoms with van der Waals surface area (Å²) in [4.78, 5) is 16.4. The Morgan fingerprint density at radius 1 is 1.33 bits per heavy atom. The van der Waals surface area contributed by atoms with E-state index in [0.717, 1.165) is 11.3 Å². The molecule has 1 unspecified atom stereocenters. The predicted molar refractivity (Wildman–Crippen MR) is 116 cm³/mol. The molecule has 15 heteroatoms. The first kappa shape index (κ1) is 22.1. The van der Waals surface area contributed by atoms with Gasteiger partial charge in [0.2, 0.25) is 5.95 Å². The number of hydrogen-bond donors (Lipinski definition) is 6. The average molecular weight is 477 g/mol. The zero-order valence-electron chi connectivity index (χ0n) is 17.6. The third kappa shape index (κ3) is 3.85. The minimum Gasteiger partial charge on any atom is -0.387 e. The van der Waals surface area contributed by atoms with Gasteiger partial charge in [-0.3, -0.25) is 14.1 Å². The second kappa shape index (κ2) is 7.95. The third-order valence-corrected chi connectivity index (χ3v) is 7.47.